The van der Waals surface area contributed by atoms with Crippen LogP contribution in [0.1, 0.15) is 10.4 Å². The lowest BCUT2D eigenvalue weighted by Crippen LogP contribution is -2.29. The Morgan fingerprint density at radius 2 is 1.83 bits per heavy atom. The Morgan fingerprint density at radius 3 is 2.42 bits per heavy atom. The van der Waals surface area contributed by atoms with E-state index in [4.69, 9.17) is 11.6 Å². The Balaban J connectivity index is 2.00. The van der Waals surface area contributed by atoms with Gasteiger partial charge < -0.3 is 5.32 Å². The fraction of sp³-hybridized carbons (Fsp3) is 0.133. The van der Waals surface area contributed by atoms with Crippen LogP contribution in [0.25, 0.3) is 0 Å². The third kappa shape index (κ3) is 4.30. The number of benzene rings is 2. The van der Waals surface area contributed by atoms with Crippen molar-refractivity contribution >= 4 is 33.0 Å². The molecule has 2 aromatic rings. The Kier molecular flexibility index (Phi) is 5.53. The zero-order chi connectivity index (χ0) is 17.7. The summed E-state index contributed by atoms with van der Waals surface area (Å²) in [6.07, 6.45) is 0. The molecule has 0 radical (unpaired) electrons. The lowest BCUT2D eigenvalue weighted by molar-refractivity contribution is -0.384. The minimum atomic E-state index is -3.50. The van der Waals surface area contributed by atoms with E-state index in [1.807, 2.05) is 0 Å². The molecule has 0 aliphatic heterocycles. The van der Waals surface area contributed by atoms with Crippen LogP contribution in [0.2, 0.25) is 5.02 Å². The lowest BCUT2D eigenvalue weighted by atomic mass is 10.2. The Bertz CT molecular complexity index is 869. The largest absolute Gasteiger partial charge is 0.351 e. The smallest absolute Gasteiger partial charge is 0.270 e. The van der Waals surface area contributed by atoms with Gasteiger partial charge in [-0.3, -0.25) is 14.9 Å². The van der Waals surface area contributed by atoms with Crippen molar-refractivity contribution in [2.75, 3.05) is 12.3 Å². The molecule has 0 saturated carbocycles. The number of non-ortho nitro benzene ring substituents is 1. The number of rotatable bonds is 6. The van der Waals surface area contributed by atoms with Crippen LogP contribution < -0.4 is 5.32 Å². The summed E-state index contributed by atoms with van der Waals surface area (Å²) in [6.45, 7) is -0.108. The van der Waals surface area contributed by atoms with Crippen molar-refractivity contribution in [1.29, 1.82) is 0 Å². The number of carbonyl (C=O) groups excluding carboxylic acids is 1. The van der Waals surface area contributed by atoms with Crippen LogP contribution in [-0.4, -0.2) is 31.5 Å². The number of nitro benzene ring substituents is 1. The predicted octanol–water partition coefficient (Wildman–Crippen LogP) is 2.45. The maximum absolute atomic E-state index is 12.1. The number of carbonyl (C=O) groups is 1. The average Bonchev–Trinajstić information content (AvgIpc) is 2.55. The van der Waals surface area contributed by atoms with E-state index >= 15 is 0 Å². The molecule has 2 aromatic carbocycles. The fourth-order valence-electron chi connectivity index (χ4n) is 1.94. The van der Waals surface area contributed by atoms with Crippen molar-refractivity contribution in [2.45, 2.75) is 4.90 Å². The third-order valence-corrected chi connectivity index (χ3v) is 5.21. The molecule has 0 fully saturated rings. The molecular formula is C15H13ClN2O5S. The average molecular weight is 369 g/mol. The first-order valence-electron chi connectivity index (χ1n) is 6.81. The number of nitrogens with zero attached hydrogens (tertiary/aromatic N) is 1. The summed E-state index contributed by atoms with van der Waals surface area (Å²) in [5, 5.41) is 13.0. The van der Waals surface area contributed by atoms with Crippen molar-refractivity contribution < 1.29 is 18.1 Å². The standard InChI is InChI=1S/C15H13ClN2O5S/c16-14-10-11(18(20)21)6-7-13(14)15(19)17-8-9-24(22,23)12-4-2-1-3-5-12/h1-7,10H,8-9H2,(H,17,19). The van der Waals surface area contributed by atoms with E-state index in [0.29, 0.717) is 0 Å². The SMILES string of the molecule is O=C(NCCS(=O)(=O)c1ccccc1)c1ccc([N+](=O)[O-])cc1Cl. The van der Waals surface area contributed by atoms with Crippen LogP contribution in [0.15, 0.2) is 53.4 Å². The molecule has 1 amide bonds. The molecular weight excluding hydrogens is 356 g/mol. The minimum absolute atomic E-state index is 0.0411. The first kappa shape index (κ1) is 17.9. The number of nitro groups is 1. The highest BCUT2D eigenvalue weighted by atomic mass is 35.5. The number of nitrogens with one attached hydrogen (secondary N) is 1. The van der Waals surface area contributed by atoms with E-state index < -0.39 is 20.7 Å². The highest BCUT2D eigenvalue weighted by Crippen LogP contribution is 2.22. The summed E-state index contributed by atoms with van der Waals surface area (Å²) in [6, 6.07) is 11.3. The van der Waals surface area contributed by atoms with Crippen LogP contribution in [0.4, 0.5) is 5.69 Å². The second kappa shape index (κ2) is 7.41. The van der Waals surface area contributed by atoms with E-state index in [9.17, 15) is 23.3 Å². The van der Waals surface area contributed by atoms with Gasteiger partial charge in [-0.2, -0.15) is 0 Å². The normalized spacial score (nSPS) is 11.0. The molecule has 0 heterocycles. The summed E-state index contributed by atoms with van der Waals surface area (Å²) < 4.78 is 24.2. The van der Waals surface area contributed by atoms with Crippen LogP contribution in [0, 0.1) is 10.1 Å². The molecule has 24 heavy (non-hydrogen) atoms. The second-order valence-electron chi connectivity index (χ2n) is 4.81. The summed E-state index contributed by atoms with van der Waals surface area (Å²) in [5.74, 6) is -0.869. The molecule has 0 saturated heterocycles. The van der Waals surface area contributed by atoms with Crippen LogP contribution in [-0.2, 0) is 9.84 Å². The molecule has 0 spiro atoms. The number of amides is 1. The maximum atomic E-state index is 12.1. The van der Waals surface area contributed by atoms with E-state index in [1.165, 1.54) is 18.2 Å². The van der Waals surface area contributed by atoms with Crippen molar-refractivity contribution in [2.24, 2.45) is 0 Å². The van der Waals surface area contributed by atoms with Gasteiger partial charge >= 0.3 is 0 Å². The Morgan fingerprint density at radius 1 is 1.17 bits per heavy atom. The summed E-state index contributed by atoms with van der Waals surface area (Å²) in [7, 11) is -3.50. The highest BCUT2D eigenvalue weighted by molar-refractivity contribution is 7.91. The first-order valence-corrected chi connectivity index (χ1v) is 8.84. The predicted molar refractivity (Wildman–Crippen MR) is 88.9 cm³/mol. The molecule has 2 rings (SSSR count). The molecule has 0 bridgehead atoms. The molecule has 1 N–H and O–H groups in total. The van der Waals surface area contributed by atoms with Gasteiger partial charge in [-0.25, -0.2) is 8.42 Å². The maximum Gasteiger partial charge on any atom is 0.270 e. The minimum Gasteiger partial charge on any atom is -0.351 e. The Hall–Kier alpha value is -2.45. The van der Waals surface area contributed by atoms with Crippen LogP contribution in [0.5, 0.6) is 0 Å². The van der Waals surface area contributed by atoms with Gasteiger partial charge in [0.05, 0.1) is 26.2 Å². The zero-order valence-corrected chi connectivity index (χ0v) is 13.9. The van der Waals surface area contributed by atoms with Gasteiger partial charge in [0.25, 0.3) is 11.6 Å². The van der Waals surface area contributed by atoms with Gasteiger partial charge in [-0.15, -0.1) is 0 Å². The highest BCUT2D eigenvalue weighted by Gasteiger charge is 2.17. The molecule has 0 atom stereocenters. The topological polar surface area (TPSA) is 106 Å². The van der Waals surface area contributed by atoms with E-state index in [0.717, 1.165) is 12.1 Å². The van der Waals surface area contributed by atoms with Crippen molar-refractivity contribution in [3.63, 3.8) is 0 Å². The zero-order valence-electron chi connectivity index (χ0n) is 12.3. The summed E-state index contributed by atoms with van der Waals surface area (Å²) in [5.41, 5.74) is -0.192. The van der Waals surface area contributed by atoms with Gasteiger partial charge in [-0.05, 0) is 18.2 Å². The third-order valence-electron chi connectivity index (χ3n) is 3.17. The number of sulfone groups is 1. The van der Waals surface area contributed by atoms with E-state index in [1.54, 1.807) is 18.2 Å². The van der Waals surface area contributed by atoms with Gasteiger partial charge in [0, 0.05) is 18.7 Å². The second-order valence-corrected chi connectivity index (χ2v) is 7.33. The first-order chi connectivity index (χ1) is 11.3. The van der Waals surface area contributed by atoms with Gasteiger partial charge in [0.15, 0.2) is 9.84 Å². The van der Waals surface area contributed by atoms with Crippen LogP contribution in [0.3, 0.4) is 0 Å². The number of hydrogen-bond donors (Lipinski definition) is 1. The molecule has 9 heteroatoms. The van der Waals surface area contributed by atoms with Crippen LogP contribution >= 0.6 is 11.6 Å². The lowest BCUT2D eigenvalue weighted by Gasteiger charge is -2.08. The Labute approximate surface area is 143 Å². The monoisotopic (exact) mass is 368 g/mol. The quantitative estimate of drug-likeness (QED) is 0.622. The van der Waals surface area contributed by atoms with Gasteiger partial charge in [0.1, 0.15) is 0 Å². The van der Waals surface area contributed by atoms with Crippen molar-refractivity contribution in [1.82, 2.24) is 5.32 Å². The van der Waals surface area contributed by atoms with E-state index in [-0.39, 0.29) is 33.5 Å². The summed E-state index contributed by atoms with van der Waals surface area (Å²) in [4.78, 5) is 22.2. The van der Waals surface area contributed by atoms with Gasteiger partial charge in [0.2, 0.25) is 0 Å². The van der Waals surface area contributed by atoms with Gasteiger partial charge in [-0.1, -0.05) is 29.8 Å². The molecule has 0 aliphatic rings. The fourth-order valence-corrected chi connectivity index (χ4v) is 3.38. The van der Waals surface area contributed by atoms with Crippen molar-refractivity contribution in [3.05, 3.63) is 69.2 Å². The molecule has 0 unspecified atom stereocenters. The number of halogens is 1. The summed E-state index contributed by atoms with van der Waals surface area (Å²) >= 11 is 5.85. The molecule has 7 nitrogen and oxygen atoms in total. The molecule has 0 aromatic heterocycles. The molecule has 126 valence electrons. The van der Waals surface area contributed by atoms with E-state index in [2.05, 4.69) is 5.32 Å². The van der Waals surface area contributed by atoms with Crippen molar-refractivity contribution in [3.8, 4) is 0 Å². The molecule has 0 aliphatic carbocycles. The number of hydrogen-bond acceptors (Lipinski definition) is 5.